The zero-order valence-corrected chi connectivity index (χ0v) is 17.1. The Bertz CT molecular complexity index is 588. The topological polar surface area (TPSA) is 61.4 Å². The lowest BCUT2D eigenvalue weighted by atomic mass is 9.93. The molecule has 0 aromatic carbocycles. The van der Waals surface area contributed by atoms with Gasteiger partial charge < -0.3 is 15.5 Å². The van der Waals surface area contributed by atoms with Gasteiger partial charge in [-0.15, -0.1) is 23.7 Å². The second kappa shape index (κ2) is 10.3. The molecular formula is C19H30ClN3O2S. The number of carbonyl (C=O) groups is 2. The van der Waals surface area contributed by atoms with Crippen LogP contribution in [-0.2, 0) is 17.6 Å². The molecule has 7 heteroatoms. The van der Waals surface area contributed by atoms with Gasteiger partial charge in [0.25, 0.3) is 5.91 Å². The quantitative estimate of drug-likeness (QED) is 0.772. The molecule has 2 amide bonds. The van der Waals surface area contributed by atoms with Crippen LogP contribution >= 0.6 is 23.7 Å². The first-order chi connectivity index (χ1) is 12.2. The number of likely N-dealkylation sites (tertiary alicyclic amines) is 1. The lowest BCUT2D eigenvalue weighted by Crippen LogP contribution is -2.44. The highest BCUT2D eigenvalue weighted by Gasteiger charge is 2.23. The van der Waals surface area contributed by atoms with Crippen LogP contribution in [0, 0.1) is 5.92 Å². The zero-order valence-electron chi connectivity index (χ0n) is 15.5. The van der Waals surface area contributed by atoms with Crippen LogP contribution < -0.4 is 10.6 Å². The molecule has 2 N–H and O–H groups in total. The molecule has 2 heterocycles. The summed E-state index contributed by atoms with van der Waals surface area (Å²) in [7, 11) is 1.98. The Morgan fingerprint density at radius 1 is 1.23 bits per heavy atom. The maximum atomic E-state index is 12.4. The van der Waals surface area contributed by atoms with E-state index < -0.39 is 0 Å². The molecule has 1 aromatic heterocycles. The Hall–Kier alpha value is -1.11. The number of halogens is 1. The molecule has 3 rings (SSSR count). The molecule has 0 atom stereocenters. The molecule has 1 aliphatic carbocycles. The number of nitrogens with zero attached hydrogens (tertiary/aromatic N) is 1. The number of rotatable bonds is 6. The number of fused-ring (bicyclic) bond motifs is 1. The minimum atomic E-state index is -0.100. The van der Waals surface area contributed by atoms with Crippen molar-refractivity contribution in [3.05, 3.63) is 21.4 Å². The minimum Gasteiger partial charge on any atom is -0.342 e. The van der Waals surface area contributed by atoms with Crippen LogP contribution in [0.2, 0.25) is 0 Å². The van der Waals surface area contributed by atoms with Crippen molar-refractivity contribution in [2.45, 2.75) is 44.9 Å². The summed E-state index contributed by atoms with van der Waals surface area (Å²) >= 11 is 1.60. The van der Waals surface area contributed by atoms with Crippen molar-refractivity contribution < 1.29 is 9.59 Å². The van der Waals surface area contributed by atoms with E-state index >= 15 is 0 Å². The van der Waals surface area contributed by atoms with Crippen molar-refractivity contribution in [3.8, 4) is 0 Å². The van der Waals surface area contributed by atoms with Crippen molar-refractivity contribution in [1.82, 2.24) is 15.5 Å². The summed E-state index contributed by atoms with van der Waals surface area (Å²) in [5, 5.41) is 6.01. The summed E-state index contributed by atoms with van der Waals surface area (Å²) in [5.41, 5.74) is 1.33. The Balaban J connectivity index is 0.00000243. The van der Waals surface area contributed by atoms with Crippen molar-refractivity contribution in [1.29, 1.82) is 0 Å². The molecule has 0 unspecified atom stereocenters. The minimum absolute atomic E-state index is 0. The number of carbonyl (C=O) groups excluding carboxylic acids is 2. The second-order valence-electron chi connectivity index (χ2n) is 7.17. The number of hydrogen-bond donors (Lipinski definition) is 2. The summed E-state index contributed by atoms with van der Waals surface area (Å²) in [6.45, 7) is 2.79. The first kappa shape index (κ1) is 21.2. The fourth-order valence-electron chi connectivity index (χ4n) is 3.78. The molecule has 0 bridgehead atoms. The van der Waals surface area contributed by atoms with Crippen molar-refractivity contribution in [2.75, 3.05) is 33.2 Å². The van der Waals surface area contributed by atoms with Crippen molar-refractivity contribution >= 4 is 35.6 Å². The molecule has 1 aromatic rings. The predicted molar refractivity (Wildman–Crippen MR) is 108 cm³/mol. The van der Waals surface area contributed by atoms with Gasteiger partial charge in [-0.25, -0.2) is 0 Å². The van der Waals surface area contributed by atoms with Crippen LogP contribution in [0.5, 0.6) is 0 Å². The Labute approximate surface area is 166 Å². The van der Waals surface area contributed by atoms with Gasteiger partial charge in [-0.1, -0.05) is 0 Å². The van der Waals surface area contributed by atoms with Gasteiger partial charge in [0.05, 0.1) is 11.4 Å². The fraction of sp³-hybridized carbons (Fsp3) is 0.684. The number of thiophene rings is 1. The number of piperidine rings is 1. The molecule has 0 radical (unpaired) electrons. The average molecular weight is 400 g/mol. The highest BCUT2D eigenvalue weighted by molar-refractivity contribution is 7.14. The maximum absolute atomic E-state index is 12.4. The largest absolute Gasteiger partial charge is 0.342 e. The molecule has 1 fully saturated rings. The van der Waals surface area contributed by atoms with Gasteiger partial charge in [-0.2, -0.15) is 0 Å². The van der Waals surface area contributed by atoms with E-state index in [2.05, 4.69) is 10.6 Å². The smallest absolute Gasteiger partial charge is 0.261 e. The summed E-state index contributed by atoms with van der Waals surface area (Å²) in [5.74, 6) is 0.655. The van der Waals surface area contributed by atoms with Crippen LogP contribution in [0.3, 0.4) is 0 Å². The van der Waals surface area contributed by atoms with Crippen molar-refractivity contribution in [2.24, 2.45) is 5.92 Å². The predicted octanol–water partition coefficient (Wildman–Crippen LogP) is 2.63. The van der Waals surface area contributed by atoms with Gasteiger partial charge in [-0.3, -0.25) is 9.59 Å². The summed E-state index contributed by atoms with van der Waals surface area (Å²) < 4.78 is 0. The molecule has 5 nitrogen and oxygen atoms in total. The van der Waals surface area contributed by atoms with E-state index in [0.29, 0.717) is 5.92 Å². The van der Waals surface area contributed by atoms with Crippen LogP contribution in [0.25, 0.3) is 0 Å². The van der Waals surface area contributed by atoms with E-state index in [-0.39, 0.29) is 30.8 Å². The van der Waals surface area contributed by atoms with E-state index in [1.807, 2.05) is 18.0 Å². The molecule has 1 aliphatic heterocycles. The molecular weight excluding hydrogens is 370 g/mol. The van der Waals surface area contributed by atoms with Crippen LogP contribution in [-0.4, -0.2) is 49.9 Å². The third kappa shape index (κ3) is 5.44. The maximum Gasteiger partial charge on any atom is 0.261 e. The van der Waals surface area contributed by atoms with Crippen molar-refractivity contribution in [3.63, 3.8) is 0 Å². The SMILES string of the molecule is CNCCC1CCN(C(=O)CNC(=O)c2cc3c(s2)CCCC3)CC1.Cl. The fourth-order valence-corrected chi connectivity index (χ4v) is 4.95. The Kier molecular flexibility index (Phi) is 8.38. The second-order valence-corrected chi connectivity index (χ2v) is 8.30. The molecule has 1 saturated heterocycles. The molecule has 2 aliphatic rings. The van der Waals surface area contributed by atoms with E-state index in [0.717, 1.165) is 50.2 Å². The Morgan fingerprint density at radius 3 is 2.65 bits per heavy atom. The Morgan fingerprint density at radius 2 is 1.96 bits per heavy atom. The number of nitrogens with one attached hydrogen (secondary N) is 2. The highest BCUT2D eigenvalue weighted by atomic mass is 35.5. The number of amides is 2. The summed E-state index contributed by atoms with van der Waals surface area (Å²) in [6, 6.07) is 2.02. The van der Waals surface area contributed by atoms with Gasteiger partial charge in [0, 0.05) is 18.0 Å². The molecule has 146 valence electrons. The summed E-state index contributed by atoms with van der Waals surface area (Å²) in [6.07, 6.45) is 7.93. The lowest BCUT2D eigenvalue weighted by molar-refractivity contribution is -0.131. The van der Waals surface area contributed by atoms with E-state index in [1.54, 1.807) is 11.3 Å². The van der Waals surface area contributed by atoms with Gasteiger partial charge in [-0.05, 0) is 76.1 Å². The number of hydrogen-bond acceptors (Lipinski definition) is 4. The van der Waals surface area contributed by atoms with Gasteiger partial charge >= 0.3 is 0 Å². The lowest BCUT2D eigenvalue weighted by Gasteiger charge is -2.32. The first-order valence-corrected chi connectivity index (χ1v) is 10.3. The van der Waals surface area contributed by atoms with E-state index in [9.17, 15) is 9.59 Å². The standard InChI is InChI=1S/C19H29N3O2S.ClH/c1-20-9-6-14-7-10-22(11-8-14)18(23)13-21-19(24)17-12-15-4-2-3-5-16(15)25-17;/h12,14,20H,2-11,13H2,1H3,(H,21,24);1H. The van der Waals surface area contributed by atoms with Gasteiger partial charge in [0.1, 0.15) is 0 Å². The van der Waals surface area contributed by atoms with Crippen LogP contribution in [0.15, 0.2) is 6.07 Å². The third-order valence-corrected chi connectivity index (χ3v) is 6.63. The van der Waals surface area contributed by atoms with E-state index in [4.69, 9.17) is 0 Å². The zero-order chi connectivity index (χ0) is 17.6. The normalized spacial score (nSPS) is 17.3. The van der Waals surface area contributed by atoms with Crippen LogP contribution in [0.4, 0.5) is 0 Å². The van der Waals surface area contributed by atoms with Crippen LogP contribution in [0.1, 0.15) is 52.2 Å². The highest BCUT2D eigenvalue weighted by Crippen LogP contribution is 2.29. The molecule has 0 spiro atoms. The monoisotopic (exact) mass is 399 g/mol. The van der Waals surface area contributed by atoms with E-state index in [1.165, 1.54) is 29.7 Å². The first-order valence-electron chi connectivity index (χ1n) is 9.49. The summed E-state index contributed by atoms with van der Waals surface area (Å²) in [4.78, 5) is 28.7. The third-order valence-electron chi connectivity index (χ3n) is 5.39. The average Bonchev–Trinajstić information content (AvgIpc) is 3.09. The number of aryl methyl sites for hydroxylation is 2. The van der Waals surface area contributed by atoms with Gasteiger partial charge in [0.2, 0.25) is 5.91 Å². The molecule has 26 heavy (non-hydrogen) atoms. The van der Waals surface area contributed by atoms with Gasteiger partial charge in [0.15, 0.2) is 0 Å². The molecule has 0 saturated carbocycles.